The van der Waals surface area contributed by atoms with Gasteiger partial charge in [-0.05, 0) is 48.9 Å². The molecule has 3 rings (SSSR count). The quantitative estimate of drug-likeness (QED) is 0.521. The van der Waals surface area contributed by atoms with Gasteiger partial charge in [-0.3, -0.25) is 0 Å². The normalized spacial score (nSPS) is 10.9. The van der Waals surface area contributed by atoms with Gasteiger partial charge in [0.1, 0.15) is 11.8 Å². The van der Waals surface area contributed by atoms with Gasteiger partial charge >= 0.3 is 0 Å². The highest BCUT2D eigenvalue weighted by Gasteiger charge is 2.11. The van der Waals surface area contributed by atoms with Crippen LogP contribution in [0.5, 0.6) is 5.75 Å². The van der Waals surface area contributed by atoms with E-state index in [4.69, 9.17) is 15.1 Å². The summed E-state index contributed by atoms with van der Waals surface area (Å²) in [7, 11) is -3.87. The number of nitriles is 1. The lowest BCUT2D eigenvalue weighted by molar-refractivity contribution is 0.365. The molecule has 0 atom stereocenters. The first-order valence-electron chi connectivity index (χ1n) is 8.56. The minimum Gasteiger partial charge on any atom is -0.478 e. The van der Waals surface area contributed by atoms with Crippen LogP contribution in [0.1, 0.15) is 5.56 Å². The Bertz CT molecular complexity index is 1230. The zero-order chi connectivity index (χ0) is 21.7. The average Bonchev–Trinajstić information content (AvgIpc) is 2.69. The summed E-state index contributed by atoms with van der Waals surface area (Å²) in [6, 6.07) is 12.7. The van der Waals surface area contributed by atoms with Gasteiger partial charge in [-0.25, -0.2) is 22.9 Å². The van der Waals surface area contributed by atoms with E-state index in [1.165, 1.54) is 18.2 Å². The molecule has 0 aliphatic carbocycles. The largest absolute Gasteiger partial charge is 0.478 e. The molecule has 0 aliphatic rings. The SMILES string of the molecule is Cc1cc(Nc2nc(Nc3cccc(S(N)(=O)=O)c3)ncc2F)ccc1OCC#N. The van der Waals surface area contributed by atoms with E-state index in [0.717, 1.165) is 11.8 Å². The number of benzene rings is 2. The summed E-state index contributed by atoms with van der Waals surface area (Å²) >= 11 is 0. The fourth-order valence-corrected chi connectivity index (χ4v) is 3.09. The van der Waals surface area contributed by atoms with Gasteiger partial charge in [0.25, 0.3) is 0 Å². The summed E-state index contributed by atoms with van der Waals surface area (Å²) in [6.07, 6.45) is 0.985. The Balaban J connectivity index is 1.81. The van der Waals surface area contributed by atoms with Gasteiger partial charge in [0.2, 0.25) is 16.0 Å². The fraction of sp³-hybridized carbons (Fsp3) is 0.105. The van der Waals surface area contributed by atoms with Crippen molar-refractivity contribution >= 4 is 33.2 Å². The van der Waals surface area contributed by atoms with Crippen LogP contribution in [0.25, 0.3) is 0 Å². The highest BCUT2D eigenvalue weighted by Crippen LogP contribution is 2.26. The molecule has 1 aromatic heterocycles. The highest BCUT2D eigenvalue weighted by atomic mass is 32.2. The monoisotopic (exact) mass is 428 g/mol. The van der Waals surface area contributed by atoms with Crippen molar-refractivity contribution in [1.29, 1.82) is 5.26 Å². The number of aryl methyl sites for hydroxylation is 1. The van der Waals surface area contributed by atoms with Crippen LogP contribution in [0.3, 0.4) is 0 Å². The molecule has 30 heavy (non-hydrogen) atoms. The Kier molecular flexibility index (Phi) is 6.10. The lowest BCUT2D eigenvalue weighted by Gasteiger charge is -2.12. The first-order chi connectivity index (χ1) is 14.3. The van der Waals surface area contributed by atoms with E-state index < -0.39 is 15.8 Å². The van der Waals surface area contributed by atoms with Crippen molar-refractivity contribution in [3.05, 3.63) is 60.0 Å². The standard InChI is InChI=1S/C19H17FN6O3S/c1-12-9-14(5-6-17(12)29-8-7-21)24-18-16(20)11-23-19(26-18)25-13-3-2-4-15(10-13)30(22,27)28/h2-6,9-11H,8H2,1H3,(H2,22,27,28)(H2,23,24,25,26). The van der Waals surface area contributed by atoms with Crippen molar-refractivity contribution in [2.75, 3.05) is 17.2 Å². The van der Waals surface area contributed by atoms with E-state index in [1.807, 2.05) is 6.07 Å². The summed E-state index contributed by atoms with van der Waals surface area (Å²) in [5, 5.41) is 19.4. The van der Waals surface area contributed by atoms with Crippen LogP contribution in [0.4, 0.5) is 27.5 Å². The number of sulfonamides is 1. The maximum Gasteiger partial charge on any atom is 0.238 e. The van der Waals surface area contributed by atoms with Crippen molar-refractivity contribution in [1.82, 2.24) is 9.97 Å². The van der Waals surface area contributed by atoms with Crippen LogP contribution in [0.15, 0.2) is 53.6 Å². The minimum absolute atomic E-state index is 0.0520. The third-order valence-electron chi connectivity index (χ3n) is 3.89. The number of aromatic nitrogens is 2. The lowest BCUT2D eigenvalue weighted by Crippen LogP contribution is -2.12. The summed E-state index contributed by atoms with van der Waals surface area (Å²) in [6.45, 7) is 1.72. The average molecular weight is 428 g/mol. The Morgan fingerprint density at radius 1 is 1.20 bits per heavy atom. The summed E-state index contributed by atoms with van der Waals surface area (Å²) < 4.78 is 42.4. The number of halogens is 1. The maximum absolute atomic E-state index is 14.2. The van der Waals surface area contributed by atoms with Gasteiger partial charge in [-0.2, -0.15) is 10.2 Å². The number of rotatable bonds is 7. The Labute approximate surface area is 172 Å². The predicted molar refractivity (Wildman–Crippen MR) is 109 cm³/mol. The number of anilines is 4. The van der Waals surface area contributed by atoms with Gasteiger partial charge in [0.15, 0.2) is 18.2 Å². The Morgan fingerprint density at radius 2 is 1.97 bits per heavy atom. The van der Waals surface area contributed by atoms with Crippen molar-refractivity contribution in [3.8, 4) is 11.8 Å². The number of nitrogens with zero attached hydrogens (tertiary/aromatic N) is 3. The Morgan fingerprint density at radius 3 is 2.67 bits per heavy atom. The third-order valence-corrected chi connectivity index (χ3v) is 4.80. The summed E-state index contributed by atoms with van der Waals surface area (Å²) in [5.41, 5.74) is 1.67. The molecule has 0 bridgehead atoms. The number of nitrogens with two attached hydrogens (primary N) is 1. The smallest absolute Gasteiger partial charge is 0.238 e. The molecule has 0 fully saturated rings. The number of hydrogen-bond donors (Lipinski definition) is 3. The molecule has 2 aromatic carbocycles. The summed E-state index contributed by atoms with van der Waals surface area (Å²) in [5.74, 6) is -0.167. The molecule has 154 valence electrons. The van der Waals surface area contributed by atoms with E-state index in [-0.39, 0.29) is 23.3 Å². The van der Waals surface area contributed by atoms with Crippen LogP contribution >= 0.6 is 0 Å². The molecule has 0 aliphatic heterocycles. The number of nitrogens with one attached hydrogen (secondary N) is 2. The van der Waals surface area contributed by atoms with E-state index in [9.17, 15) is 12.8 Å². The zero-order valence-electron chi connectivity index (χ0n) is 15.8. The molecular weight excluding hydrogens is 411 g/mol. The lowest BCUT2D eigenvalue weighted by atomic mass is 10.2. The van der Waals surface area contributed by atoms with Crippen molar-refractivity contribution < 1.29 is 17.5 Å². The van der Waals surface area contributed by atoms with Crippen molar-refractivity contribution in [3.63, 3.8) is 0 Å². The second-order valence-corrected chi connectivity index (χ2v) is 7.70. The van der Waals surface area contributed by atoms with Crippen LogP contribution in [0.2, 0.25) is 0 Å². The molecule has 0 saturated carbocycles. The second kappa shape index (κ2) is 8.73. The zero-order valence-corrected chi connectivity index (χ0v) is 16.6. The molecule has 0 radical (unpaired) electrons. The molecule has 0 spiro atoms. The molecule has 9 nitrogen and oxygen atoms in total. The van der Waals surface area contributed by atoms with E-state index in [2.05, 4.69) is 20.6 Å². The molecule has 3 aromatic rings. The second-order valence-electron chi connectivity index (χ2n) is 6.14. The van der Waals surface area contributed by atoms with Gasteiger partial charge in [-0.1, -0.05) is 6.07 Å². The molecular formula is C19H17FN6O3S. The van der Waals surface area contributed by atoms with Gasteiger partial charge < -0.3 is 15.4 Å². The summed E-state index contributed by atoms with van der Waals surface area (Å²) in [4.78, 5) is 7.88. The third kappa shape index (κ3) is 5.19. The molecule has 0 saturated heterocycles. The van der Waals surface area contributed by atoms with Crippen molar-refractivity contribution in [2.45, 2.75) is 11.8 Å². The van der Waals surface area contributed by atoms with Crippen LogP contribution < -0.4 is 20.5 Å². The molecule has 1 heterocycles. The first-order valence-corrected chi connectivity index (χ1v) is 10.1. The van der Waals surface area contributed by atoms with E-state index in [1.54, 1.807) is 31.2 Å². The number of ether oxygens (including phenoxy) is 1. The number of primary sulfonamides is 1. The van der Waals surface area contributed by atoms with Crippen LogP contribution in [-0.2, 0) is 10.0 Å². The molecule has 11 heteroatoms. The minimum atomic E-state index is -3.87. The fourth-order valence-electron chi connectivity index (χ4n) is 2.53. The van der Waals surface area contributed by atoms with Gasteiger partial charge in [0.05, 0.1) is 11.1 Å². The topological polar surface area (TPSA) is 143 Å². The van der Waals surface area contributed by atoms with Gasteiger partial charge in [-0.15, -0.1) is 0 Å². The maximum atomic E-state index is 14.2. The molecule has 0 unspecified atom stereocenters. The highest BCUT2D eigenvalue weighted by molar-refractivity contribution is 7.89. The van der Waals surface area contributed by atoms with E-state index in [0.29, 0.717) is 17.1 Å². The van der Waals surface area contributed by atoms with Crippen molar-refractivity contribution in [2.24, 2.45) is 5.14 Å². The van der Waals surface area contributed by atoms with Crippen LogP contribution in [-0.4, -0.2) is 25.0 Å². The predicted octanol–water partition coefficient (Wildman–Crippen LogP) is 2.96. The molecule has 4 N–H and O–H groups in total. The molecule has 0 amide bonds. The first kappa shape index (κ1) is 21.0. The van der Waals surface area contributed by atoms with E-state index >= 15 is 0 Å². The Hall–Kier alpha value is -3.75. The number of hydrogen-bond acceptors (Lipinski definition) is 8. The van der Waals surface area contributed by atoms with Crippen LogP contribution in [0, 0.1) is 24.1 Å². The van der Waals surface area contributed by atoms with Gasteiger partial charge in [0, 0.05) is 11.4 Å².